The summed E-state index contributed by atoms with van der Waals surface area (Å²) in [5.41, 5.74) is 5.46. The van der Waals surface area contributed by atoms with Gasteiger partial charge in [-0.05, 0) is 92.7 Å². The van der Waals surface area contributed by atoms with E-state index in [4.69, 9.17) is 14.5 Å². The summed E-state index contributed by atoms with van der Waals surface area (Å²) < 4.78 is 16.9. The first-order chi connectivity index (χ1) is 16.3. The summed E-state index contributed by atoms with van der Waals surface area (Å²) in [6.45, 7) is 7.40. The minimum absolute atomic E-state index is 0.0100. The Balaban J connectivity index is 1.72. The predicted molar refractivity (Wildman–Crippen MR) is 143 cm³/mol. The molecule has 2 aromatic rings. The van der Waals surface area contributed by atoms with Crippen molar-refractivity contribution in [3.63, 3.8) is 0 Å². The first-order valence-corrected chi connectivity index (χ1v) is 14.9. The second-order valence-electron chi connectivity index (χ2n) is 9.82. The molecule has 0 aliphatic heterocycles. The maximum absolute atomic E-state index is 10.9. The predicted octanol–water partition coefficient (Wildman–Crippen LogP) is 7.79. The third-order valence-corrected chi connectivity index (χ3v) is 7.57. The molecule has 0 saturated heterocycles. The Morgan fingerprint density at radius 2 is 1.53 bits per heavy atom. The second-order valence-corrected chi connectivity index (χ2v) is 11.6. The van der Waals surface area contributed by atoms with E-state index in [0.29, 0.717) is 12.3 Å². The molecule has 0 fully saturated rings. The molecule has 34 heavy (non-hydrogen) atoms. The fourth-order valence-corrected chi connectivity index (χ4v) is 5.07. The molecule has 2 N–H and O–H groups in total. The highest BCUT2D eigenvalue weighted by atomic mass is 31.2. The van der Waals surface area contributed by atoms with Crippen molar-refractivity contribution in [3.05, 3.63) is 64.7 Å². The number of ether oxygens (including phenoxy) is 1. The summed E-state index contributed by atoms with van der Waals surface area (Å²) in [5.74, 6) is 1.63. The molecule has 2 rings (SSSR count). The van der Waals surface area contributed by atoms with Crippen LogP contribution in [-0.2, 0) is 17.4 Å². The van der Waals surface area contributed by atoms with Crippen LogP contribution < -0.4 is 4.74 Å². The van der Waals surface area contributed by atoms with Crippen LogP contribution in [0, 0.1) is 19.8 Å². The van der Waals surface area contributed by atoms with E-state index < -0.39 is 7.60 Å². The van der Waals surface area contributed by atoms with Gasteiger partial charge in [-0.15, -0.1) is 0 Å². The normalized spacial score (nSPS) is 12.6. The maximum Gasteiger partial charge on any atom is 0.325 e. The van der Waals surface area contributed by atoms with Crippen molar-refractivity contribution in [1.82, 2.24) is 0 Å². The second kappa shape index (κ2) is 15.4. The van der Waals surface area contributed by atoms with Crippen molar-refractivity contribution in [2.45, 2.75) is 91.4 Å². The van der Waals surface area contributed by atoms with Crippen LogP contribution in [0.25, 0.3) is 0 Å². The summed E-state index contributed by atoms with van der Waals surface area (Å²) in [6, 6.07) is 15.2. The van der Waals surface area contributed by atoms with Gasteiger partial charge in [-0.2, -0.15) is 0 Å². The van der Waals surface area contributed by atoms with E-state index in [1.54, 1.807) is 0 Å². The van der Waals surface area contributed by atoms with Gasteiger partial charge in [0.1, 0.15) is 5.75 Å². The van der Waals surface area contributed by atoms with Gasteiger partial charge in [-0.3, -0.25) is 4.57 Å². The zero-order valence-corrected chi connectivity index (χ0v) is 22.4. The lowest BCUT2D eigenvalue weighted by Gasteiger charge is -2.18. The van der Waals surface area contributed by atoms with E-state index in [0.717, 1.165) is 44.5 Å². The van der Waals surface area contributed by atoms with E-state index in [9.17, 15) is 4.57 Å². The van der Waals surface area contributed by atoms with E-state index in [1.165, 1.54) is 54.4 Å². The summed E-state index contributed by atoms with van der Waals surface area (Å²) in [7, 11) is -3.85. The first kappa shape index (κ1) is 28.6. The molecule has 0 aromatic heterocycles. The lowest BCUT2D eigenvalue weighted by molar-refractivity contribution is 0.286. The highest BCUT2D eigenvalue weighted by Crippen LogP contribution is 2.35. The third-order valence-electron chi connectivity index (χ3n) is 6.68. The molecule has 190 valence electrons. The molecule has 0 aliphatic rings. The van der Waals surface area contributed by atoms with Gasteiger partial charge in [0.2, 0.25) is 0 Å². The Labute approximate surface area is 207 Å². The van der Waals surface area contributed by atoms with Crippen LogP contribution >= 0.6 is 7.60 Å². The average molecular weight is 489 g/mol. The molecular weight excluding hydrogens is 443 g/mol. The number of hydrogen-bond acceptors (Lipinski definition) is 2. The highest BCUT2D eigenvalue weighted by Gasteiger charge is 2.12. The van der Waals surface area contributed by atoms with Crippen molar-refractivity contribution in [2.24, 2.45) is 5.92 Å². The van der Waals surface area contributed by atoms with Crippen molar-refractivity contribution in [1.29, 1.82) is 0 Å². The summed E-state index contributed by atoms with van der Waals surface area (Å²) in [6.07, 6.45) is 11.9. The Bertz CT molecular complexity index is 872. The van der Waals surface area contributed by atoms with E-state index in [-0.39, 0.29) is 6.16 Å². The molecule has 0 amide bonds. The van der Waals surface area contributed by atoms with Gasteiger partial charge in [-0.1, -0.05) is 69.4 Å². The van der Waals surface area contributed by atoms with Crippen LogP contribution in [0.15, 0.2) is 42.5 Å². The Morgan fingerprint density at radius 1 is 0.824 bits per heavy atom. The van der Waals surface area contributed by atoms with Crippen molar-refractivity contribution in [3.8, 4) is 5.75 Å². The summed E-state index contributed by atoms with van der Waals surface area (Å²) >= 11 is 0. The monoisotopic (exact) mass is 488 g/mol. The van der Waals surface area contributed by atoms with Crippen LogP contribution in [0.1, 0.15) is 87.0 Å². The van der Waals surface area contributed by atoms with E-state index in [2.05, 4.69) is 51.1 Å². The molecule has 5 heteroatoms. The molecule has 0 heterocycles. The van der Waals surface area contributed by atoms with Crippen LogP contribution in [0.5, 0.6) is 5.75 Å². The molecule has 0 aliphatic carbocycles. The van der Waals surface area contributed by atoms with Crippen LogP contribution in [0.4, 0.5) is 0 Å². The highest BCUT2D eigenvalue weighted by molar-refractivity contribution is 7.51. The number of unbranched alkanes of at least 4 members (excludes halogenated alkanes) is 4. The molecule has 0 radical (unpaired) electrons. The Morgan fingerprint density at radius 3 is 2.21 bits per heavy atom. The molecule has 4 nitrogen and oxygen atoms in total. The molecule has 0 saturated carbocycles. The molecule has 1 unspecified atom stereocenters. The van der Waals surface area contributed by atoms with Crippen molar-refractivity contribution in [2.75, 3.05) is 12.8 Å². The minimum Gasteiger partial charge on any atom is -0.494 e. The molecule has 0 bridgehead atoms. The summed E-state index contributed by atoms with van der Waals surface area (Å²) in [5, 5.41) is 0. The molecule has 1 atom stereocenters. The maximum atomic E-state index is 10.9. The third kappa shape index (κ3) is 12.2. The molecule has 2 aromatic carbocycles. The fraction of sp³-hybridized carbons (Fsp3) is 0.586. The minimum atomic E-state index is -3.85. The first-order valence-electron chi connectivity index (χ1n) is 13.1. The number of benzene rings is 2. The van der Waals surface area contributed by atoms with Gasteiger partial charge in [0.25, 0.3) is 0 Å². The number of hydrogen-bond donors (Lipinski definition) is 2. The van der Waals surface area contributed by atoms with Crippen LogP contribution in [0.2, 0.25) is 0 Å². The zero-order valence-electron chi connectivity index (χ0n) is 21.5. The standard InChI is InChI=1S/C29H45O4P/c1-4-5-7-12-27(23-28-15-14-24(2)25(3)22-28)13-10-20-33-29-18-16-26(17-19-29)11-8-6-9-21-34(30,31)32/h14-19,22,27H,4-13,20-21,23H2,1-3H3,(H2,30,31,32). The lowest BCUT2D eigenvalue weighted by Crippen LogP contribution is -2.08. The largest absolute Gasteiger partial charge is 0.494 e. The van der Waals surface area contributed by atoms with Crippen LogP contribution in [0.3, 0.4) is 0 Å². The van der Waals surface area contributed by atoms with Gasteiger partial charge < -0.3 is 14.5 Å². The van der Waals surface area contributed by atoms with E-state index in [1.807, 2.05) is 12.1 Å². The number of aryl methyl sites for hydroxylation is 3. The smallest absolute Gasteiger partial charge is 0.325 e. The Hall–Kier alpha value is -1.61. The molecule has 0 spiro atoms. The summed E-state index contributed by atoms with van der Waals surface area (Å²) in [4.78, 5) is 17.8. The average Bonchev–Trinajstić information content (AvgIpc) is 2.79. The molecular formula is C29H45O4P. The van der Waals surface area contributed by atoms with E-state index >= 15 is 0 Å². The van der Waals surface area contributed by atoms with Crippen molar-refractivity contribution < 1.29 is 19.1 Å². The Kier molecular flexibility index (Phi) is 13.0. The van der Waals surface area contributed by atoms with Crippen LogP contribution in [-0.4, -0.2) is 22.6 Å². The van der Waals surface area contributed by atoms with Gasteiger partial charge in [-0.25, -0.2) is 0 Å². The zero-order chi connectivity index (χ0) is 24.8. The van der Waals surface area contributed by atoms with Gasteiger partial charge in [0.15, 0.2) is 0 Å². The topological polar surface area (TPSA) is 66.8 Å². The van der Waals surface area contributed by atoms with Crippen molar-refractivity contribution >= 4 is 7.60 Å². The lowest BCUT2D eigenvalue weighted by atomic mass is 9.89. The van der Waals surface area contributed by atoms with Gasteiger partial charge >= 0.3 is 7.60 Å². The quantitative estimate of drug-likeness (QED) is 0.176. The van der Waals surface area contributed by atoms with Gasteiger partial charge in [0.05, 0.1) is 6.61 Å². The SMILES string of the molecule is CCCCCC(CCCOc1ccc(CCCCCP(=O)(O)O)cc1)Cc1ccc(C)c(C)c1. The number of rotatable bonds is 17. The van der Waals surface area contributed by atoms with Gasteiger partial charge in [0, 0.05) is 6.16 Å². The fourth-order valence-electron chi connectivity index (χ4n) is 4.43.